The minimum absolute atomic E-state index is 0.165. The number of halogens is 1. The summed E-state index contributed by atoms with van der Waals surface area (Å²) >= 11 is 6.10. The fraction of sp³-hybridized carbons (Fsp3) is 0.286. The summed E-state index contributed by atoms with van der Waals surface area (Å²) < 4.78 is 10.7. The average molecular weight is 400 g/mol. The Labute approximate surface area is 169 Å². The van der Waals surface area contributed by atoms with Gasteiger partial charge in [-0.3, -0.25) is 4.79 Å². The second-order valence-electron chi connectivity index (χ2n) is 7.28. The van der Waals surface area contributed by atoms with E-state index in [0.717, 1.165) is 5.56 Å². The highest BCUT2D eigenvalue weighted by molar-refractivity contribution is 6.31. The maximum Gasteiger partial charge on any atom is 0.258 e. The number of benzene rings is 2. The molecule has 0 spiro atoms. The lowest BCUT2D eigenvalue weighted by molar-refractivity contribution is 0.0523. The number of rotatable bonds is 5. The third-order valence-corrected chi connectivity index (χ3v) is 4.48. The Morgan fingerprint density at radius 1 is 1.18 bits per heavy atom. The Morgan fingerprint density at radius 3 is 2.54 bits per heavy atom. The molecule has 0 N–H and O–H groups in total. The van der Waals surface area contributed by atoms with E-state index < -0.39 is 5.54 Å². The quantitative estimate of drug-likeness (QED) is 0.614. The first-order valence-corrected chi connectivity index (χ1v) is 9.21. The normalized spacial score (nSPS) is 11.3. The number of nitrogens with zero attached hydrogens (tertiary/aromatic N) is 3. The van der Waals surface area contributed by atoms with Crippen molar-refractivity contribution in [3.8, 4) is 17.1 Å². The van der Waals surface area contributed by atoms with Crippen LogP contribution in [0.5, 0.6) is 5.75 Å². The van der Waals surface area contributed by atoms with E-state index in [2.05, 4.69) is 10.1 Å². The van der Waals surface area contributed by atoms with E-state index in [-0.39, 0.29) is 12.5 Å². The number of hydrogen-bond acceptors (Lipinski definition) is 5. The predicted octanol–water partition coefficient (Wildman–Crippen LogP) is 4.84. The highest BCUT2D eigenvalue weighted by Gasteiger charge is 2.31. The Balaban J connectivity index is 1.91. The Bertz CT molecular complexity index is 965. The molecule has 0 aliphatic heterocycles. The summed E-state index contributed by atoms with van der Waals surface area (Å²) in [7, 11) is 1.52. The smallest absolute Gasteiger partial charge is 0.258 e. The van der Waals surface area contributed by atoms with Crippen molar-refractivity contribution in [1.29, 1.82) is 0 Å². The monoisotopic (exact) mass is 399 g/mol. The van der Waals surface area contributed by atoms with E-state index in [1.54, 1.807) is 23.1 Å². The number of ether oxygens (including phenoxy) is 1. The summed E-state index contributed by atoms with van der Waals surface area (Å²) in [6.07, 6.45) is 0. The minimum Gasteiger partial charge on any atom is -0.496 e. The third kappa shape index (κ3) is 4.34. The lowest BCUT2D eigenvalue weighted by Crippen LogP contribution is -2.45. The van der Waals surface area contributed by atoms with Crippen LogP contribution in [0.15, 0.2) is 53.1 Å². The Kier molecular flexibility index (Phi) is 5.70. The van der Waals surface area contributed by atoms with Crippen LogP contribution in [-0.2, 0) is 6.54 Å². The molecule has 0 atom stereocenters. The number of carbonyl (C=O) groups is 1. The van der Waals surface area contributed by atoms with Crippen LogP contribution in [0, 0.1) is 0 Å². The molecule has 0 saturated carbocycles. The van der Waals surface area contributed by atoms with Gasteiger partial charge in [-0.1, -0.05) is 47.1 Å². The zero-order valence-electron chi connectivity index (χ0n) is 16.3. The van der Waals surface area contributed by atoms with E-state index in [4.69, 9.17) is 20.9 Å². The summed E-state index contributed by atoms with van der Waals surface area (Å²) in [5, 5.41) is 4.49. The number of carbonyl (C=O) groups excluding carboxylic acids is 1. The standard InChI is InChI=1S/C21H22ClN3O3/c1-21(2,3)25(20(26)16-12-15(22)10-11-17(16)27-4)13-18-23-19(24-28-18)14-8-6-5-7-9-14/h5-12H,13H2,1-4H3. The molecule has 0 aliphatic carbocycles. The van der Waals surface area contributed by atoms with E-state index in [1.807, 2.05) is 51.1 Å². The molecule has 0 saturated heterocycles. The van der Waals surface area contributed by atoms with Crippen LogP contribution in [0.4, 0.5) is 0 Å². The molecule has 1 heterocycles. The van der Waals surface area contributed by atoms with Crippen LogP contribution < -0.4 is 4.74 Å². The fourth-order valence-electron chi connectivity index (χ4n) is 2.77. The van der Waals surface area contributed by atoms with Crippen LogP contribution >= 0.6 is 11.6 Å². The van der Waals surface area contributed by atoms with Crippen molar-refractivity contribution < 1.29 is 14.1 Å². The van der Waals surface area contributed by atoms with Gasteiger partial charge in [0.25, 0.3) is 5.91 Å². The van der Waals surface area contributed by atoms with Gasteiger partial charge < -0.3 is 14.2 Å². The zero-order valence-corrected chi connectivity index (χ0v) is 17.0. The number of methoxy groups -OCH3 is 1. The van der Waals surface area contributed by atoms with E-state index in [9.17, 15) is 4.79 Å². The van der Waals surface area contributed by atoms with Crippen LogP contribution in [0.2, 0.25) is 5.02 Å². The molecule has 0 fully saturated rings. The topological polar surface area (TPSA) is 68.5 Å². The second-order valence-corrected chi connectivity index (χ2v) is 7.72. The molecule has 3 aromatic rings. The highest BCUT2D eigenvalue weighted by Crippen LogP contribution is 2.28. The lowest BCUT2D eigenvalue weighted by atomic mass is 10.0. The molecule has 0 radical (unpaired) electrons. The Hall–Kier alpha value is -2.86. The molecule has 146 valence electrons. The number of aromatic nitrogens is 2. The molecule has 0 aliphatic rings. The molecule has 0 bridgehead atoms. The Morgan fingerprint density at radius 2 is 1.89 bits per heavy atom. The fourth-order valence-corrected chi connectivity index (χ4v) is 2.94. The molecule has 0 unspecified atom stereocenters. The first kappa shape index (κ1) is 19.9. The second kappa shape index (κ2) is 8.02. The third-order valence-electron chi connectivity index (χ3n) is 4.24. The first-order valence-electron chi connectivity index (χ1n) is 8.83. The van der Waals surface area contributed by atoms with Crippen molar-refractivity contribution >= 4 is 17.5 Å². The van der Waals surface area contributed by atoms with Gasteiger partial charge in [-0.15, -0.1) is 0 Å². The van der Waals surface area contributed by atoms with Gasteiger partial charge in [0, 0.05) is 16.1 Å². The van der Waals surface area contributed by atoms with Gasteiger partial charge in [0.05, 0.1) is 12.7 Å². The van der Waals surface area contributed by atoms with Crippen LogP contribution in [0.25, 0.3) is 11.4 Å². The average Bonchev–Trinajstić information content (AvgIpc) is 3.14. The van der Waals surface area contributed by atoms with Crippen LogP contribution in [0.1, 0.15) is 37.0 Å². The summed E-state index contributed by atoms with van der Waals surface area (Å²) in [6, 6.07) is 14.5. The van der Waals surface area contributed by atoms with Crippen molar-refractivity contribution in [2.24, 2.45) is 0 Å². The van der Waals surface area contributed by atoms with Gasteiger partial charge in [0.2, 0.25) is 11.7 Å². The van der Waals surface area contributed by atoms with Gasteiger partial charge in [-0.05, 0) is 39.0 Å². The molecular weight excluding hydrogens is 378 g/mol. The summed E-state index contributed by atoms with van der Waals surface area (Å²) in [5.74, 6) is 1.06. The van der Waals surface area contributed by atoms with Gasteiger partial charge in [-0.2, -0.15) is 4.98 Å². The van der Waals surface area contributed by atoms with Gasteiger partial charge in [-0.25, -0.2) is 0 Å². The first-order chi connectivity index (χ1) is 13.3. The molecule has 3 rings (SSSR count). The molecule has 1 aromatic heterocycles. The van der Waals surface area contributed by atoms with Crippen molar-refractivity contribution in [2.45, 2.75) is 32.9 Å². The molecule has 28 heavy (non-hydrogen) atoms. The SMILES string of the molecule is COc1ccc(Cl)cc1C(=O)N(Cc1nc(-c2ccccc2)no1)C(C)(C)C. The van der Waals surface area contributed by atoms with E-state index in [1.165, 1.54) is 7.11 Å². The number of hydrogen-bond donors (Lipinski definition) is 0. The van der Waals surface area contributed by atoms with Crippen LogP contribution in [-0.4, -0.2) is 33.6 Å². The van der Waals surface area contributed by atoms with Crippen molar-refractivity contribution in [3.05, 3.63) is 65.0 Å². The highest BCUT2D eigenvalue weighted by atomic mass is 35.5. The lowest BCUT2D eigenvalue weighted by Gasteiger charge is -2.35. The molecule has 2 aromatic carbocycles. The molecule has 1 amide bonds. The summed E-state index contributed by atoms with van der Waals surface area (Å²) in [4.78, 5) is 19.4. The molecule has 7 heteroatoms. The van der Waals surface area contributed by atoms with Crippen molar-refractivity contribution in [1.82, 2.24) is 15.0 Å². The van der Waals surface area contributed by atoms with Gasteiger partial charge >= 0.3 is 0 Å². The van der Waals surface area contributed by atoms with E-state index >= 15 is 0 Å². The minimum atomic E-state index is -0.494. The maximum atomic E-state index is 13.3. The largest absolute Gasteiger partial charge is 0.496 e. The van der Waals surface area contributed by atoms with Gasteiger partial charge in [0.1, 0.15) is 12.3 Å². The summed E-state index contributed by atoms with van der Waals surface area (Å²) in [6.45, 7) is 5.99. The van der Waals surface area contributed by atoms with Crippen molar-refractivity contribution in [3.63, 3.8) is 0 Å². The van der Waals surface area contributed by atoms with E-state index in [0.29, 0.717) is 28.1 Å². The van der Waals surface area contributed by atoms with Crippen LogP contribution in [0.3, 0.4) is 0 Å². The predicted molar refractivity (Wildman–Crippen MR) is 107 cm³/mol. The van der Waals surface area contributed by atoms with Crippen molar-refractivity contribution in [2.75, 3.05) is 7.11 Å². The number of amides is 1. The molecule has 6 nitrogen and oxygen atoms in total. The molecular formula is C21H22ClN3O3. The van der Waals surface area contributed by atoms with Gasteiger partial charge in [0.15, 0.2) is 0 Å². The summed E-state index contributed by atoms with van der Waals surface area (Å²) in [5.41, 5.74) is 0.738. The maximum absolute atomic E-state index is 13.3. The zero-order chi connectivity index (χ0) is 20.3.